The second-order valence-electron chi connectivity index (χ2n) is 5.08. The molecule has 0 amide bonds. The first-order chi connectivity index (χ1) is 10.1. The van der Waals surface area contributed by atoms with E-state index < -0.39 is 0 Å². The van der Waals surface area contributed by atoms with Crippen molar-refractivity contribution < 1.29 is 4.74 Å². The lowest BCUT2D eigenvalue weighted by atomic mass is 10.1. The Balaban J connectivity index is 2.04. The van der Waals surface area contributed by atoms with E-state index in [0.717, 1.165) is 21.5 Å². The van der Waals surface area contributed by atoms with Gasteiger partial charge in [0.1, 0.15) is 5.75 Å². The Kier molecular flexibility index (Phi) is 6.15. The summed E-state index contributed by atoms with van der Waals surface area (Å²) in [5.74, 6) is 1.70. The number of benzene rings is 2. The molecule has 0 aliphatic rings. The van der Waals surface area contributed by atoms with E-state index in [0.29, 0.717) is 0 Å². The Morgan fingerprint density at radius 3 is 2.62 bits per heavy atom. The number of para-hydroxylation sites is 1. The van der Waals surface area contributed by atoms with Crippen LogP contribution in [-0.4, -0.2) is 11.9 Å². The second-order valence-corrected chi connectivity index (χ2v) is 7.09. The molecule has 0 heterocycles. The second kappa shape index (κ2) is 7.87. The maximum absolute atomic E-state index is 6.34. The van der Waals surface area contributed by atoms with Crippen LogP contribution in [0.25, 0.3) is 0 Å². The molecule has 2 aromatic rings. The SMILES string of the molecule is CC(C)Oc1ccccc1C(N)CSc1cccc(Br)c1. The molecule has 2 rings (SSSR count). The minimum atomic E-state index is -0.0519. The van der Waals surface area contributed by atoms with E-state index in [1.807, 2.05) is 50.2 Å². The van der Waals surface area contributed by atoms with Gasteiger partial charge in [-0.15, -0.1) is 11.8 Å². The number of hydrogen-bond acceptors (Lipinski definition) is 3. The molecule has 1 atom stereocenters. The van der Waals surface area contributed by atoms with Gasteiger partial charge in [0.05, 0.1) is 6.10 Å². The van der Waals surface area contributed by atoms with E-state index in [4.69, 9.17) is 10.5 Å². The van der Waals surface area contributed by atoms with E-state index in [-0.39, 0.29) is 12.1 Å². The van der Waals surface area contributed by atoms with E-state index >= 15 is 0 Å². The molecular formula is C17H20BrNOS. The molecule has 2 N–H and O–H groups in total. The molecule has 0 bridgehead atoms. The van der Waals surface area contributed by atoms with Gasteiger partial charge in [-0.3, -0.25) is 0 Å². The van der Waals surface area contributed by atoms with Crippen LogP contribution in [0.5, 0.6) is 5.75 Å². The van der Waals surface area contributed by atoms with Crippen LogP contribution in [-0.2, 0) is 0 Å². The average molecular weight is 366 g/mol. The summed E-state index contributed by atoms with van der Waals surface area (Å²) in [5, 5.41) is 0. The van der Waals surface area contributed by atoms with Gasteiger partial charge in [-0.1, -0.05) is 40.2 Å². The van der Waals surface area contributed by atoms with E-state index in [2.05, 4.69) is 28.1 Å². The van der Waals surface area contributed by atoms with Gasteiger partial charge < -0.3 is 10.5 Å². The molecule has 0 fully saturated rings. The zero-order valence-corrected chi connectivity index (χ0v) is 14.7. The minimum absolute atomic E-state index is 0.0519. The Morgan fingerprint density at radius 1 is 1.14 bits per heavy atom. The monoisotopic (exact) mass is 365 g/mol. The van der Waals surface area contributed by atoms with Gasteiger partial charge in [0.25, 0.3) is 0 Å². The van der Waals surface area contributed by atoms with Gasteiger partial charge in [0.15, 0.2) is 0 Å². The molecule has 0 spiro atoms. The zero-order valence-electron chi connectivity index (χ0n) is 12.3. The van der Waals surface area contributed by atoms with Crippen LogP contribution in [0.2, 0.25) is 0 Å². The summed E-state index contributed by atoms with van der Waals surface area (Å²) in [6, 6.07) is 16.2. The van der Waals surface area contributed by atoms with Crippen molar-refractivity contribution in [3.63, 3.8) is 0 Å². The summed E-state index contributed by atoms with van der Waals surface area (Å²) < 4.78 is 6.93. The molecule has 0 aromatic heterocycles. The van der Waals surface area contributed by atoms with Gasteiger partial charge >= 0.3 is 0 Å². The van der Waals surface area contributed by atoms with Crippen molar-refractivity contribution in [3.8, 4) is 5.75 Å². The molecule has 2 nitrogen and oxygen atoms in total. The molecule has 0 saturated heterocycles. The molecule has 1 unspecified atom stereocenters. The highest BCUT2D eigenvalue weighted by Gasteiger charge is 2.13. The first kappa shape index (κ1) is 16.4. The quantitative estimate of drug-likeness (QED) is 0.729. The number of nitrogens with two attached hydrogens (primary N) is 1. The fraction of sp³-hybridized carbons (Fsp3) is 0.294. The highest BCUT2D eigenvalue weighted by atomic mass is 79.9. The zero-order chi connectivity index (χ0) is 15.2. The maximum Gasteiger partial charge on any atom is 0.124 e. The third-order valence-corrected chi connectivity index (χ3v) is 4.51. The number of ether oxygens (including phenoxy) is 1. The summed E-state index contributed by atoms with van der Waals surface area (Å²) in [4.78, 5) is 1.21. The van der Waals surface area contributed by atoms with Crippen LogP contribution in [0.3, 0.4) is 0 Å². The van der Waals surface area contributed by atoms with Crippen LogP contribution >= 0.6 is 27.7 Å². The lowest BCUT2D eigenvalue weighted by Gasteiger charge is -2.18. The predicted molar refractivity (Wildman–Crippen MR) is 94.0 cm³/mol. The number of hydrogen-bond donors (Lipinski definition) is 1. The highest BCUT2D eigenvalue weighted by molar-refractivity contribution is 9.10. The van der Waals surface area contributed by atoms with Crippen LogP contribution in [0.1, 0.15) is 25.5 Å². The summed E-state index contributed by atoms with van der Waals surface area (Å²) in [7, 11) is 0. The van der Waals surface area contributed by atoms with Crippen molar-refractivity contribution in [3.05, 3.63) is 58.6 Å². The lowest BCUT2D eigenvalue weighted by molar-refractivity contribution is 0.239. The fourth-order valence-electron chi connectivity index (χ4n) is 1.98. The Morgan fingerprint density at radius 2 is 1.90 bits per heavy atom. The largest absolute Gasteiger partial charge is 0.491 e. The van der Waals surface area contributed by atoms with E-state index in [1.54, 1.807) is 11.8 Å². The van der Waals surface area contributed by atoms with Gasteiger partial charge in [0.2, 0.25) is 0 Å². The Labute approximate surface area is 139 Å². The number of halogens is 1. The van der Waals surface area contributed by atoms with Crippen molar-refractivity contribution in [2.24, 2.45) is 5.73 Å². The molecule has 4 heteroatoms. The van der Waals surface area contributed by atoms with Crippen LogP contribution in [0.4, 0.5) is 0 Å². The predicted octanol–water partition coefficient (Wildman–Crippen LogP) is 5.03. The highest BCUT2D eigenvalue weighted by Crippen LogP contribution is 2.30. The fourth-order valence-corrected chi connectivity index (χ4v) is 3.47. The first-order valence-electron chi connectivity index (χ1n) is 6.96. The molecular weight excluding hydrogens is 346 g/mol. The van der Waals surface area contributed by atoms with Gasteiger partial charge in [0, 0.05) is 26.7 Å². The first-order valence-corrected chi connectivity index (χ1v) is 8.73. The normalized spacial score (nSPS) is 12.4. The summed E-state index contributed by atoms with van der Waals surface area (Å²) in [5.41, 5.74) is 7.41. The van der Waals surface area contributed by atoms with Crippen molar-refractivity contribution in [1.82, 2.24) is 0 Å². The molecule has 2 aromatic carbocycles. The van der Waals surface area contributed by atoms with Gasteiger partial charge in [-0.2, -0.15) is 0 Å². The minimum Gasteiger partial charge on any atom is -0.491 e. The summed E-state index contributed by atoms with van der Waals surface area (Å²) in [6.07, 6.45) is 0.149. The van der Waals surface area contributed by atoms with Gasteiger partial charge in [-0.25, -0.2) is 0 Å². The third kappa shape index (κ3) is 5.06. The van der Waals surface area contributed by atoms with Gasteiger partial charge in [-0.05, 0) is 38.1 Å². The van der Waals surface area contributed by atoms with Crippen molar-refractivity contribution >= 4 is 27.7 Å². The molecule has 0 saturated carbocycles. The van der Waals surface area contributed by atoms with Crippen molar-refractivity contribution in [2.45, 2.75) is 30.9 Å². The van der Waals surface area contributed by atoms with Crippen molar-refractivity contribution in [2.75, 3.05) is 5.75 Å². The van der Waals surface area contributed by atoms with Crippen LogP contribution in [0.15, 0.2) is 57.9 Å². The Hall–Kier alpha value is -0.970. The van der Waals surface area contributed by atoms with Crippen molar-refractivity contribution in [1.29, 1.82) is 0 Å². The smallest absolute Gasteiger partial charge is 0.124 e. The van der Waals surface area contributed by atoms with Crippen LogP contribution < -0.4 is 10.5 Å². The number of thioether (sulfide) groups is 1. The summed E-state index contributed by atoms with van der Waals surface area (Å²) >= 11 is 5.24. The number of rotatable bonds is 6. The molecule has 0 aliphatic carbocycles. The van der Waals surface area contributed by atoms with Crippen LogP contribution in [0, 0.1) is 0 Å². The van der Waals surface area contributed by atoms with E-state index in [1.165, 1.54) is 4.90 Å². The maximum atomic E-state index is 6.34. The molecule has 112 valence electrons. The molecule has 21 heavy (non-hydrogen) atoms. The molecule has 0 radical (unpaired) electrons. The van der Waals surface area contributed by atoms with E-state index in [9.17, 15) is 0 Å². The standard InChI is InChI=1S/C17H20BrNOS/c1-12(2)20-17-9-4-3-8-15(17)16(19)11-21-14-7-5-6-13(18)10-14/h3-10,12,16H,11,19H2,1-2H3. The third-order valence-electron chi connectivity index (χ3n) is 2.91. The average Bonchev–Trinajstić information content (AvgIpc) is 2.45. The lowest BCUT2D eigenvalue weighted by Crippen LogP contribution is -2.16. The Bertz CT molecular complexity index is 589. The topological polar surface area (TPSA) is 35.2 Å². The molecule has 0 aliphatic heterocycles. The summed E-state index contributed by atoms with van der Waals surface area (Å²) in [6.45, 7) is 4.05.